The molecular formula is C25H35N3O4S. The predicted octanol–water partition coefficient (Wildman–Crippen LogP) is 3.21. The third-order valence-electron chi connectivity index (χ3n) is 7.00. The van der Waals surface area contributed by atoms with Crippen molar-refractivity contribution in [3.05, 3.63) is 59.7 Å². The predicted molar refractivity (Wildman–Crippen MR) is 131 cm³/mol. The fraction of sp³-hybridized carbons (Fsp3) is 0.520. The van der Waals surface area contributed by atoms with Crippen molar-refractivity contribution >= 4 is 15.7 Å². The summed E-state index contributed by atoms with van der Waals surface area (Å²) in [4.78, 5) is 4.32. The van der Waals surface area contributed by atoms with Crippen molar-refractivity contribution < 1.29 is 18.3 Å². The molecule has 0 radical (unpaired) electrons. The van der Waals surface area contributed by atoms with E-state index in [4.69, 9.17) is 4.74 Å². The Bertz CT molecular complexity index is 1040. The summed E-state index contributed by atoms with van der Waals surface area (Å²) < 4.78 is 34.5. The molecule has 2 unspecified atom stereocenters. The van der Waals surface area contributed by atoms with Crippen LogP contribution in [0.5, 0.6) is 5.75 Å². The molecule has 0 saturated carbocycles. The highest BCUT2D eigenvalue weighted by Gasteiger charge is 2.40. The van der Waals surface area contributed by atoms with E-state index in [9.17, 15) is 13.5 Å². The van der Waals surface area contributed by atoms with Gasteiger partial charge in [0.1, 0.15) is 17.2 Å². The third kappa shape index (κ3) is 5.04. The minimum atomic E-state index is -3.50. The molecule has 0 bridgehead atoms. The van der Waals surface area contributed by atoms with E-state index in [0.29, 0.717) is 18.7 Å². The lowest BCUT2D eigenvalue weighted by atomic mass is 10.0. The van der Waals surface area contributed by atoms with Gasteiger partial charge < -0.3 is 14.7 Å². The lowest BCUT2D eigenvalue weighted by molar-refractivity contribution is 0.0153. The largest absolute Gasteiger partial charge is 0.496 e. The Morgan fingerprint density at radius 2 is 1.76 bits per heavy atom. The van der Waals surface area contributed by atoms with Crippen LogP contribution < -0.4 is 9.64 Å². The monoisotopic (exact) mass is 473 g/mol. The minimum absolute atomic E-state index is 0.0621. The summed E-state index contributed by atoms with van der Waals surface area (Å²) >= 11 is 0. The number of aliphatic hydroxyl groups excluding tert-OH is 1. The highest BCUT2D eigenvalue weighted by molar-refractivity contribution is 7.89. The molecule has 2 fully saturated rings. The zero-order valence-corrected chi connectivity index (χ0v) is 20.5. The summed E-state index contributed by atoms with van der Waals surface area (Å²) in [5.74, 6) is 0.703. The molecule has 2 aliphatic heterocycles. The summed E-state index contributed by atoms with van der Waals surface area (Å²) in [5, 5.41) is 9.29. The number of anilines is 1. The second-order valence-electron chi connectivity index (χ2n) is 9.07. The number of nitrogens with zero attached hydrogens (tertiary/aromatic N) is 3. The Hall–Kier alpha value is -2.13. The number of piperazine rings is 1. The molecule has 0 spiro atoms. The molecule has 2 saturated heterocycles. The standard InChI is InChI=1S/C25H35N3O4S/c1-19-9-12-25(21-7-5-4-6-8-21)33(30,31)28(19)18-22-10-11-23(17-24(22)32-3)27-15-13-26(14-16-27)20(2)29/h4-8,10-11,17,19-20,25,29H,9,12-16,18H2,1-3H3/t19-,20?,25?/m0/s1. The minimum Gasteiger partial charge on any atom is -0.496 e. The molecule has 2 aliphatic rings. The van der Waals surface area contributed by atoms with Gasteiger partial charge in [-0.25, -0.2) is 8.42 Å². The van der Waals surface area contributed by atoms with E-state index < -0.39 is 21.5 Å². The number of ether oxygens (including phenoxy) is 1. The SMILES string of the molecule is COc1cc(N2CCN(C(C)O)CC2)ccc1CN1[C@@H](C)CCC(c2ccccc2)S1(=O)=O. The van der Waals surface area contributed by atoms with Crippen LogP contribution in [0.3, 0.4) is 0 Å². The highest BCUT2D eigenvalue weighted by atomic mass is 32.2. The first-order valence-corrected chi connectivity index (χ1v) is 13.2. The second-order valence-corrected chi connectivity index (χ2v) is 11.1. The number of hydrogen-bond donors (Lipinski definition) is 1. The quantitative estimate of drug-likeness (QED) is 0.695. The molecule has 8 heteroatoms. The van der Waals surface area contributed by atoms with E-state index in [1.807, 2.05) is 60.4 Å². The molecule has 2 aromatic carbocycles. The molecule has 3 atom stereocenters. The van der Waals surface area contributed by atoms with Gasteiger partial charge >= 0.3 is 0 Å². The molecule has 4 rings (SSSR count). The summed E-state index contributed by atoms with van der Waals surface area (Å²) in [7, 11) is -1.86. The first-order chi connectivity index (χ1) is 15.8. The lowest BCUT2D eigenvalue weighted by Gasteiger charge is -2.38. The summed E-state index contributed by atoms with van der Waals surface area (Å²) in [6.07, 6.45) is 1.03. The van der Waals surface area contributed by atoms with Gasteiger partial charge in [0.05, 0.1) is 7.11 Å². The molecule has 1 N–H and O–H groups in total. The van der Waals surface area contributed by atoms with Gasteiger partial charge in [-0.2, -0.15) is 4.31 Å². The zero-order valence-electron chi connectivity index (χ0n) is 19.7. The van der Waals surface area contributed by atoms with Crippen LogP contribution in [0.4, 0.5) is 5.69 Å². The smallest absolute Gasteiger partial charge is 0.221 e. The summed E-state index contributed by atoms with van der Waals surface area (Å²) in [5.41, 5.74) is 2.78. The maximum atomic E-state index is 13.6. The average molecular weight is 474 g/mol. The van der Waals surface area contributed by atoms with Crippen LogP contribution in [0.15, 0.2) is 48.5 Å². The Balaban J connectivity index is 1.54. The Labute approximate surface area is 197 Å². The van der Waals surface area contributed by atoms with Crippen LogP contribution in [-0.4, -0.2) is 68.3 Å². The van der Waals surface area contributed by atoms with E-state index in [0.717, 1.165) is 49.4 Å². The van der Waals surface area contributed by atoms with Crippen LogP contribution in [0.1, 0.15) is 43.1 Å². The van der Waals surface area contributed by atoms with Crippen molar-refractivity contribution in [1.82, 2.24) is 9.21 Å². The molecule has 33 heavy (non-hydrogen) atoms. The van der Waals surface area contributed by atoms with Crippen LogP contribution in [0.25, 0.3) is 0 Å². The normalized spacial score (nSPS) is 25.0. The lowest BCUT2D eigenvalue weighted by Crippen LogP contribution is -2.49. The topological polar surface area (TPSA) is 73.3 Å². The highest BCUT2D eigenvalue weighted by Crippen LogP contribution is 2.39. The van der Waals surface area contributed by atoms with Gasteiger partial charge in [0, 0.05) is 56.1 Å². The number of rotatable bonds is 6. The van der Waals surface area contributed by atoms with Gasteiger partial charge in [0.15, 0.2) is 0 Å². The molecule has 2 heterocycles. The first-order valence-electron chi connectivity index (χ1n) is 11.7. The van der Waals surface area contributed by atoms with Crippen LogP contribution in [-0.2, 0) is 16.6 Å². The average Bonchev–Trinajstić information content (AvgIpc) is 2.82. The fourth-order valence-corrected chi connectivity index (χ4v) is 7.12. The van der Waals surface area contributed by atoms with Crippen molar-refractivity contribution in [3.8, 4) is 5.75 Å². The van der Waals surface area contributed by atoms with Crippen molar-refractivity contribution in [2.45, 2.75) is 50.8 Å². The van der Waals surface area contributed by atoms with E-state index >= 15 is 0 Å². The molecule has 0 aliphatic carbocycles. The maximum absolute atomic E-state index is 13.6. The molecule has 7 nitrogen and oxygen atoms in total. The van der Waals surface area contributed by atoms with Gasteiger partial charge in [0.25, 0.3) is 0 Å². The number of hydrogen-bond acceptors (Lipinski definition) is 6. The molecular weight excluding hydrogens is 438 g/mol. The number of benzene rings is 2. The molecule has 0 amide bonds. The summed E-state index contributed by atoms with van der Waals surface area (Å²) in [6.45, 7) is 7.32. The van der Waals surface area contributed by atoms with Crippen LogP contribution in [0, 0.1) is 0 Å². The molecule has 0 aromatic heterocycles. The van der Waals surface area contributed by atoms with Crippen molar-refractivity contribution in [3.63, 3.8) is 0 Å². The number of sulfonamides is 1. The van der Waals surface area contributed by atoms with Crippen molar-refractivity contribution in [1.29, 1.82) is 0 Å². The van der Waals surface area contributed by atoms with Crippen LogP contribution >= 0.6 is 0 Å². The van der Waals surface area contributed by atoms with E-state index in [2.05, 4.69) is 4.90 Å². The van der Waals surface area contributed by atoms with Gasteiger partial charge in [-0.05, 0) is 38.3 Å². The van der Waals surface area contributed by atoms with E-state index in [1.54, 1.807) is 18.3 Å². The third-order valence-corrected chi connectivity index (χ3v) is 9.37. The molecule has 2 aromatic rings. The van der Waals surface area contributed by atoms with Gasteiger partial charge in [-0.15, -0.1) is 0 Å². The second kappa shape index (κ2) is 10.0. The maximum Gasteiger partial charge on any atom is 0.221 e. The van der Waals surface area contributed by atoms with Crippen molar-refractivity contribution in [2.24, 2.45) is 0 Å². The van der Waals surface area contributed by atoms with Crippen LogP contribution in [0.2, 0.25) is 0 Å². The fourth-order valence-electron chi connectivity index (χ4n) is 4.93. The Morgan fingerprint density at radius 3 is 2.39 bits per heavy atom. The van der Waals surface area contributed by atoms with E-state index in [-0.39, 0.29) is 6.04 Å². The van der Waals surface area contributed by atoms with Gasteiger partial charge in [-0.1, -0.05) is 36.4 Å². The Kier molecular flexibility index (Phi) is 7.28. The number of aliphatic hydroxyl groups is 1. The molecule has 180 valence electrons. The number of methoxy groups -OCH3 is 1. The van der Waals surface area contributed by atoms with E-state index in [1.165, 1.54) is 0 Å². The first kappa shape index (κ1) is 24.0. The van der Waals surface area contributed by atoms with Crippen molar-refractivity contribution in [2.75, 3.05) is 38.2 Å². The van der Waals surface area contributed by atoms with Gasteiger partial charge in [0.2, 0.25) is 10.0 Å². The van der Waals surface area contributed by atoms with Gasteiger partial charge in [-0.3, -0.25) is 4.90 Å². The summed E-state index contributed by atoms with van der Waals surface area (Å²) in [6, 6.07) is 15.5. The zero-order chi connectivity index (χ0) is 23.6. The Morgan fingerprint density at radius 1 is 1.06 bits per heavy atom.